The number of nitrogens with two attached hydrogens (primary N) is 2. The van der Waals surface area contributed by atoms with Gasteiger partial charge in [0.05, 0.1) is 0 Å². The van der Waals surface area contributed by atoms with E-state index < -0.39 is 66.6 Å². The van der Waals surface area contributed by atoms with Crippen molar-refractivity contribution in [2.24, 2.45) is 29.2 Å². The number of carbonyl (C=O) groups is 3. The van der Waals surface area contributed by atoms with Crippen LogP contribution in [0.1, 0.15) is 73.5 Å². The number of hydrogen-bond donors (Lipinski definition) is 3. The van der Waals surface area contributed by atoms with E-state index in [2.05, 4.69) is 10.3 Å². The van der Waals surface area contributed by atoms with E-state index in [0.717, 1.165) is 19.0 Å². The average molecular weight is 588 g/mol. The van der Waals surface area contributed by atoms with Crippen LogP contribution in [0.25, 0.3) is 0 Å². The van der Waals surface area contributed by atoms with Crippen molar-refractivity contribution in [2.45, 2.75) is 104 Å². The number of anilines is 1. The fraction of sp³-hybridized carbons (Fsp3) is 0.741. The molecule has 0 aliphatic carbocycles. The molecule has 0 saturated carbocycles. The quantitative estimate of drug-likeness (QED) is 0.274. The zero-order chi connectivity index (χ0) is 31.1. The lowest BCUT2D eigenvalue weighted by Crippen LogP contribution is -2.48. The van der Waals surface area contributed by atoms with Crippen LogP contribution in [0.2, 0.25) is 0 Å². The molecule has 12 nitrogen and oxygen atoms in total. The second-order valence-electron chi connectivity index (χ2n) is 11.0. The lowest BCUT2D eigenvalue weighted by atomic mass is 9.97. The molecule has 41 heavy (non-hydrogen) atoms. The lowest BCUT2D eigenvalue weighted by Gasteiger charge is -2.26. The number of esters is 2. The third kappa shape index (κ3) is 8.52. The van der Waals surface area contributed by atoms with E-state index in [9.17, 15) is 19.2 Å². The summed E-state index contributed by atoms with van der Waals surface area (Å²) in [6.07, 6.45) is -2.31. The number of nitrogens with one attached hydrogen (secondary N) is 1. The van der Waals surface area contributed by atoms with Crippen LogP contribution in [0.5, 0.6) is 0 Å². The van der Waals surface area contributed by atoms with E-state index >= 15 is 8.78 Å². The predicted molar refractivity (Wildman–Crippen MR) is 146 cm³/mol. The Labute approximate surface area is 238 Å². The molecule has 1 aromatic heterocycles. The van der Waals surface area contributed by atoms with Gasteiger partial charge in [0.2, 0.25) is 12.1 Å². The molecular formula is C27H43F2N5O7. The lowest BCUT2D eigenvalue weighted by molar-refractivity contribution is -0.179. The first-order valence-corrected chi connectivity index (χ1v) is 14.0. The van der Waals surface area contributed by atoms with Gasteiger partial charge in [-0.25, -0.2) is 4.79 Å². The molecule has 0 aromatic carbocycles. The summed E-state index contributed by atoms with van der Waals surface area (Å²) in [6.45, 7) is 9.76. The van der Waals surface area contributed by atoms with Gasteiger partial charge in [-0.1, -0.05) is 54.4 Å². The molecule has 1 amide bonds. The van der Waals surface area contributed by atoms with Gasteiger partial charge in [-0.3, -0.25) is 19.0 Å². The molecule has 2 heterocycles. The molecule has 5 N–H and O–H groups in total. The first-order valence-electron chi connectivity index (χ1n) is 14.0. The van der Waals surface area contributed by atoms with Gasteiger partial charge in [0.1, 0.15) is 30.6 Å². The Morgan fingerprint density at radius 2 is 1.63 bits per heavy atom. The molecule has 1 saturated heterocycles. The van der Waals surface area contributed by atoms with Crippen LogP contribution >= 0.6 is 0 Å². The molecular weight excluding hydrogens is 544 g/mol. The summed E-state index contributed by atoms with van der Waals surface area (Å²) in [5, 5.41) is 2.57. The Hall–Kier alpha value is -2.97. The first kappa shape index (κ1) is 34.2. The molecule has 2 rings (SSSR count). The van der Waals surface area contributed by atoms with Crippen molar-refractivity contribution < 1.29 is 37.4 Å². The van der Waals surface area contributed by atoms with Crippen LogP contribution < -0.4 is 22.5 Å². The minimum Gasteiger partial charge on any atom is -0.462 e. The van der Waals surface area contributed by atoms with Crippen molar-refractivity contribution in [1.82, 2.24) is 9.55 Å². The van der Waals surface area contributed by atoms with Gasteiger partial charge >= 0.3 is 23.6 Å². The Kier molecular flexibility index (Phi) is 12.3. The van der Waals surface area contributed by atoms with Crippen molar-refractivity contribution in [3.63, 3.8) is 0 Å². The van der Waals surface area contributed by atoms with Crippen LogP contribution in [0.3, 0.4) is 0 Å². The van der Waals surface area contributed by atoms with E-state index in [1.165, 1.54) is 6.07 Å². The summed E-state index contributed by atoms with van der Waals surface area (Å²) < 4.78 is 47.7. The highest BCUT2D eigenvalue weighted by atomic mass is 19.3. The van der Waals surface area contributed by atoms with E-state index in [1.54, 1.807) is 27.7 Å². The van der Waals surface area contributed by atoms with Gasteiger partial charge in [-0.05, 0) is 30.7 Å². The second kappa shape index (κ2) is 14.8. The topological polar surface area (TPSA) is 178 Å². The van der Waals surface area contributed by atoms with Crippen LogP contribution in [-0.2, 0) is 28.6 Å². The SMILES string of the molecule is CCCC(CCC)C(=O)Nc1ccn([C@@H]2O[C@H](COC(=O)C(N)C(C)C)[C@@H](OC(=O)C(N)C(C)C)C2(F)F)c(=O)n1. The van der Waals surface area contributed by atoms with Crippen molar-refractivity contribution in [1.29, 1.82) is 0 Å². The zero-order valence-electron chi connectivity index (χ0n) is 24.5. The van der Waals surface area contributed by atoms with Crippen molar-refractivity contribution in [3.8, 4) is 0 Å². The molecule has 0 bridgehead atoms. The van der Waals surface area contributed by atoms with Crippen LogP contribution in [0, 0.1) is 17.8 Å². The largest absolute Gasteiger partial charge is 0.462 e. The highest BCUT2D eigenvalue weighted by molar-refractivity contribution is 5.91. The first-order chi connectivity index (χ1) is 19.1. The highest BCUT2D eigenvalue weighted by Crippen LogP contribution is 2.44. The molecule has 232 valence electrons. The maximum absolute atomic E-state index is 15.7. The molecule has 14 heteroatoms. The van der Waals surface area contributed by atoms with E-state index in [1.807, 2.05) is 13.8 Å². The molecule has 1 aliphatic heterocycles. The third-order valence-electron chi connectivity index (χ3n) is 6.94. The molecule has 2 unspecified atom stereocenters. The molecule has 1 aromatic rings. The van der Waals surface area contributed by atoms with Gasteiger partial charge in [0, 0.05) is 12.1 Å². The fourth-order valence-electron chi connectivity index (χ4n) is 4.25. The Morgan fingerprint density at radius 1 is 1.07 bits per heavy atom. The number of aromatic nitrogens is 2. The summed E-state index contributed by atoms with van der Waals surface area (Å²) in [5.41, 5.74) is 10.4. The van der Waals surface area contributed by atoms with Gasteiger partial charge in [-0.2, -0.15) is 13.8 Å². The summed E-state index contributed by atoms with van der Waals surface area (Å²) in [7, 11) is 0. The number of rotatable bonds is 14. The minimum absolute atomic E-state index is 0.103. The molecule has 1 aliphatic rings. The van der Waals surface area contributed by atoms with Gasteiger partial charge in [0.15, 0.2) is 6.10 Å². The van der Waals surface area contributed by atoms with E-state index in [4.69, 9.17) is 25.7 Å². The summed E-state index contributed by atoms with van der Waals surface area (Å²) >= 11 is 0. The smallest absolute Gasteiger partial charge is 0.351 e. The maximum Gasteiger partial charge on any atom is 0.351 e. The average Bonchev–Trinajstić information content (AvgIpc) is 3.14. The summed E-state index contributed by atoms with van der Waals surface area (Å²) in [5.74, 6) is -7.35. The summed E-state index contributed by atoms with van der Waals surface area (Å²) in [6, 6.07) is -1.04. The third-order valence-corrected chi connectivity index (χ3v) is 6.94. The Bertz CT molecular complexity index is 1110. The number of nitrogens with zero attached hydrogens (tertiary/aromatic N) is 2. The number of alkyl halides is 2. The van der Waals surface area contributed by atoms with E-state index in [-0.39, 0.29) is 23.6 Å². The van der Waals surface area contributed by atoms with E-state index in [0.29, 0.717) is 17.4 Å². The van der Waals surface area contributed by atoms with Crippen LogP contribution in [0.4, 0.5) is 14.6 Å². The number of amides is 1. The van der Waals surface area contributed by atoms with Crippen molar-refractivity contribution in [2.75, 3.05) is 11.9 Å². The summed E-state index contributed by atoms with van der Waals surface area (Å²) in [4.78, 5) is 54.0. The van der Waals surface area contributed by atoms with Crippen LogP contribution in [-0.4, -0.2) is 64.2 Å². The van der Waals surface area contributed by atoms with Crippen LogP contribution in [0.15, 0.2) is 17.1 Å². The van der Waals surface area contributed by atoms with Crippen molar-refractivity contribution >= 4 is 23.7 Å². The predicted octanol–water partition coefficient (Wildman–Crippen LogP) is 2.35. The number of hydrogen-bond acceptors (Lipinski definition) is 10. The normalized spacial score (nSPS) is 21.6. The Balaban J connectivity index is 2.34. The maximum atomic E-state index is 15.7. The fourth-order valence-corrected chi connectivity index (χ4v) is 4.25. The molecule has 5 atom stereocenters. The zero-order valence-corrected chi connectivity index (χ0v) is 24.5. The highest BCUT2D eigenvalue weighted by Gasteiger charge is 2.63. The van der Waals surface area contributed by atoms with Gasteiger partial charge < -0.3 is 31.0 Å². The van der Waals surface area contributed by atoms with Crippen molar-refractivity contribution in [3.05, 3.63) is 22.7 Å². The monoisotopic (exact) mass is 587 g/mol. The standard InChI is InChI=1S/C27H43F2N5O7/c1-7-9-16(10-8-2)22(35)32-18-11-12-34(26(38)33-18)25-27(28,29)21(41-24(37)20(31)15(5)6)17(40-25)13-39-23(36)19(30)14(3)4/h11-12,14-17,19-21,25H,7-10,13,30-31H2,1-6H3,(H,32,33,35,38)/t17-,19?,20?,21-,25-/m1/s1. The molecule has 1 fully saturated rings. The number of ether oxygens (including phenoxy) is 3. The van der Waals surface area contributed by atoms with Gasteiger partial charge in [0.25, 0.3) is 0 Å². The number of halogens is 2. The molecule has 0 spiro atoms. The number of carbonyl (C=O) groups excluding carboxylic acids is 3. The minimum atomic E-state index is -3.97. The Morgan fingerprint density at radius 3 is 2.15 bits per heavy atom. The molecule has 0 radical (unpaired) electrons. The van der Waals surface area contributed by atoms with Gasteiger partial charge in [-0.15, -0.1) is 0 Å². The second-order valence-corrected chi connectivity index (χ2v) is 11.0.